The number of halogens is 6. The van der Waals surface area contributed by atoms with Gasteiger partial charge in [0, 0.05) is 17.9 Å². The first-order valence-corrected chi connectivity index (χ1v) is 9.93. The van der Waals surface area contributed by atoms with Crippen LogP contribution in [0.3, 0.4) is 0 Å². The normalized spacial score (nSPS) is 32.6. The molecule has 0 amide bonds. The number of carbonyl (C=O) groups is 1. The molecule has 1 aromatic rings. The summed E-state index contributed by atoms with van der Waals surface area (Å²) in [6.45, 7) is 2.04. The van der Waals surface area contributed by atoms with Gasteiger partial charge in [0.2, 0.25) is 0 Å². The van der Waals surface area contributed by atoms with Crippen molar-refractivity contribution in [3.63, 3.8) is 0 Å². The number of carbonyl (C=O) groups excluding carboxylic acids is 1. The lowest BCUT2D eigenvalue weighted by Crippen LogP contribution is -2.42. The van der Waals surface area contributed by atoms with Crippen LogP contribution in [0.2, 0.25) is 0 Å². The molecule has 2 saturated carbocycles. The van der Waals surface area contributed by atoms with E-state index in [4.69, 9.17) is 0 Å². The van der Waals surface area contributed by atoms with E-state index in [0.29, 0.717) is 30.1 Å². The third-order valence-electron chi connectivity index (χ3n) is 7.36. The van der Waals surface area contributed by atoms with Crippen LogP contribution in [-0.2, 0) is 11.2 Å². The number of alkyl halides is 6. The number of hydrogen-bond acceptors (Lipinski definition) is 1. The second-order valence-electron chi connectivity index (χ2n) is 8.84. The average Bonchev–Trinajstić information content (AvgIpc) is 2.92. The van der Waals surface area contributed by atoms with Gasteiger partial charge in [-0.05, 0) is 66.5 Å². The van der Waals surface area contributed by atoms with Gasteiger partial charge in [-0.15, -0.1) is 0 Å². The number of rotatable bonds is 1. The van der Waals surface area contributed by atoms with E-state index in [0.717, 1.165) is 31.2 Å². The zero-order chi connectivity index (χ0) is 21.2. The summed E-state index contributed by atoms with van der Waals surface area (Å²) < 4.78 is 77.8. The second kappa shape index (κ2) is 6.61. The number of allylic oxidation sites excluding steroid dienone is 2. The van der Waals surface area contributed by atoms with Crippen LogP contribution >= 0.6 is 0 Å². The van der Waals surface area contributed by atoms with E-state index >= 15 is 0 Å². The minimum atomic E-state index is -5.09. The first-order valence-electron chi connectivity index (χ1n) is 9.93. The van der Waals surface area contributed by atoms with Gasteiger partial charge in [0.05, 0.1) is 5.57 Å². The lowest BCUT2D eigenvalue weighted by molar-refractivity contribution is -0.129. The van der Waals surface area contributed by atoms with E-state index < -0.39 is 29.6 Å². The molecule has 0 N–H and O–H groups in total. The summed E-state index contributed by atoms with van der Waals surface area (Å²) in [5.41, 5.74) is -0.748. The molecule has 2 fully saturated rings. The molecule has 29 heavy (non-hydrogen) atoms. The number of ketones is 1. The zero-order valence-corrected chi connectivity index (χ0v) is 16.0. The van der Waals surface area contributed by atoms with Gasteiger partial charge >= 0.3 is 12.4 Å². The summed E-state index contributed by atoms with van der Waals surface area (Å²) in [7, 11) is 0. The SMILES string of the molecule is C[C@]12CC[C@@H]3c4ccc(/C(=C\C(F)(F)F)C(F)(F)F)cc4CC[C@H]3[C@@H]1CCC2=O. The highest BCUT2D eigenvalue weighted by Gasteiger charge is 2.54. The summed E-state index contributed by atoms with van der Waals surface area (Å²) in [4.78, 5) is 12.4. The molecule has 0 unspecified atom stereocenters. The zero-order valence-electron chi connectivity index (χ0n) is 16.0. The van der Waals surface area contributed by atoms with Gasteiger partial charge in [-0.1, -0.05) is 25.1 Å². The first kappa shape index (κ1) is 20.5. The molecule has 4 atom stereocenters. The summed E-state index contributed by atoms with van der Waals surface area (Å²) in [6, 6.07) is 4.03. The average molecular weight is 416 g/mol. The van der Waals surface area contributed by atoms with Crippen molar-refractivity contribution in [2.24, 2.45) is 17.3 Å². The molecular formula is C22H22F6O. The fourth-order valence-electron chi connectivity index (χ4n) is 6.01. The molecule has 0 aromatic heterocycles. The van der Waals surface area contributed by atoms with E-state index in [1.54, 1.807) is 6.07 Å². The van der Waals surface area contributed by atoms with E-state index in [-0.39, 0.29) is 17.3 Å². The molecule has 1 aromatic carbocycles. The fourth-order valence-corrected chi connectivity index (χ4v) is 6.01. The smallest absolute Gasteiger partial charge is 0.299 e. The maximum absolute atomic E-state index is 13.3. The summed E-state index contributed by atoms with van der Waals surface area (Å²) in [6.07, 6.45) is -6.49. The molecule has 1 nitrogen and oxygen atoms in total. The maximum Gasteiger partial charge on any atom is 0.417 e. The summed E-state index contributed by atoms with van der Waals surface area (Å²) in [5.74, 6) is 1.08. The van der Waals surface area contributed by atoms with Gasteiger partial charge in [0.25, 0.3) is 0 Å². The Kier molecular flexibility index (Phi) is 4.67. The van der Waals surface area contributed by atoms with Crippen LogP contribution in [0.5, 0.6) is 0 Å². The van der Waals surface area contributed by atoms with Crippen LogP contribution in [0, 0.1) is 17.3 Å². The van der Waals surface area contributed by atoms with Crippen LogP contribution in [0.4, 0.5) is 26.3 Å². The van der Waals surface area contributed by atoms with Crippen molar-refractivity contribution in [1.29, 1.82) is 0 Å². The monoisotopic (exact) mass is 416 g/mol. The molecule has 0 saturated heterocycles. The minimum absolute atomic E-state index is 0.165. The highest BCUT2D eigenvalue weighted by molar-refractivity contribution is 5.87. The molecule has 158 valence electrons. The van der Waals surface area contributed by atoms with Gasteiger partial charge in [0.1, 0.15) is 5.78 Å². The van der Waals surface area contributed by atoms with E-state index in [2.05, 4.69) is 0 Å². The predicted octanol–water partition coefficient (Wildman–Crippen LogP) is 6.62. The van der Waals surface area contributed by atoms with E-state index in [9.17, 15) is 31.1 Å². The quantitative estimate of drug-likeness (QED) is 0.470. The van der Waals surface area contributed by atoms with Gasteiger partial charge < -0.3 is 0 Å². The molecule has 0 bridgehead atoms. The van der Waals surface area contributed by atoms with Crippen molar-refractivity contribution in [2.45, 2.75) is 63.7 Å². The number of fused-ring (bicyclic) bond motifs is 5. The van der Waals surface area contributed by atoms with E-state index in [1.165, 1.54) is 12.1 Å². The number of Topliss-reactive ketones (excluding diaryl/α,β-unsaturated/α-hetero) is 1. The lowest BCUT2D eigenvalue weighted by atomic mass is 9.55. The Morgan fingerprint density at radius 3 is 2.45 bits per heavy atom. The fraction of sp³-hybridized carbons (Fsp3) is 0.591. The Bertz CT molecular complexity index is 865. The summed E-state index contributed by atoms with van der Waals surface area (Å²) >= 11 is 0. The van der Waals surface area contributed by atoms with Gasteiger partial charge in [-0.25, -0.2) is 0 Å². The van der Waals surface area contributed by atoms with Crippen molar-refractivity contribution in [2.75, 3.05) is 0 Å². The van der Waals surface area contributed by atoms with Crippen molar-refractivity contribution in [1.82, 2.24) is 0 Å². The van der Waals surface area contributed by atoms with Gasteiger partial charge in [-0.3, -0.25) is 4.79 Å². The predicted molar refractivity (Wildman–Crippen MR) is 96.2 cm³/mol. The third-order valence-corrected chi connectivity index (χ3v) is 7.36. The summed E-state index contributed by atoms with van der Waals surface area (Å²) in [5, 5.41) is 0. The topological polar surface area (TPSA) is 17.1 Å². The van der Waals surface area contributed by atoms with Crippen molar-refractivity contribution in [3.8, 4) is 0 Å². The highest BCUT2D eigenvalue weighted by Crippen LogP contribution is 2.59. The maximum atomic E-state index is 13.3. The van der Waals surface area contributed by atoms with Crippen molar-refractivity contribution >= 4 is 11.4 Å². The Hall–Kier alpha value is -1.79. The molecular weight excluding hydrogens is 394 g/mol. The molecule has 4 rings (SSSR count). The van der Waals surface area contributed by atoms with Gasteiger partial charge in [-0.2, -0.15) is 26.3 Å². The van der Waals surface area contributed by atoms with Crippen LogP contribution in [0.25, 0.3) is 5.57 Å². The number of benzene rings is 1. The Morgan fingerprint density at radius 1 is 1.07 bits per heavy atom. The molecule has 7 heteroatoms. The second-order valence-corrected chi connectivity index (χ2v) is 8.84. The van der Waals surface area contributed by atoms with Crippen LogP contribution < -0.4 is 0 Å². The molecule has 0 heterocycles. The molecule has 3 aliphatic carbocycles. The standard InChI is InChI=1S/C22H22F6O/c1-20-9-8-15-14-4-3-13(18(22(26,27)28)11-21(23,24)25)10-12(14)2-5-16(15)17(20)6-7-19(20)29/h3-4,10-11,15-17H,2,5-9H2,1H3/b18-11+/t15-,16-,17+,20+/m1/s1. The lowest BCUT2D eigenvalue weighted by Gasteiger charge is -2.48. The molecule has 0 radical (unpaired) electrons. The van der Waals surface area contributed by atoms with Crippen molar-refractivity contribution < 1.29 is 31.1 Å². The minimum Gasteiger partial charge on any atom is -0.299 e. The number of hydrogen-bond donors (Lipinski definition) is 0. The largest absolute Gasteiger partial charge is 0.417 e. The Balaban J connectivity index is 1.69. The Labute approximate surface area is 165 Å². The number of aryl methyl sites for hydroxylation is 1. The van der Waals surface area contributed by atoms with Gasteiger partial charge in [0.15, 0.2) is 0 Å². The molecule has 0 spiro atoms. The first-order chi connectivity index (χ1) is 13.4. The third kappa shape index (κ3) is 3.50. The van der Waals surface area contributed by atoms with Crippen LogP contribution in [0.1, 0.15) is 61.6 Å². The highest BCUT2D eigenvalue weighted by atomic mass is 19.4. The van der Waals surface area contributed by atoms with Crippen molar-refractivity contribution in [3.05, 3.63) is 41.0 Å². The van der Waals surface area contributed by atoms with Crippen LogP contribution in [-0.4, -0.2) is 18.1 Å². The van der Waals surface area contributed by atoms with E-state index in [1.807, 2.05) is 6.92 Å². The molecule has 3 aliphatic rings. The van der Waals surface area contributed by atoms with Crippen LogP contribution in [0.15, 0.2) is 24.3 Å². The molecule has 0 aliphatic heterocycles. The Morgan fingerprint density at radius 2 is 1.79 bits per heavy atom.